The molecule has 0 bridgehead atoms. The van der Waals surface area contributed by atoms with Gasteiger partial charge in [0.2, 0.25) is 0 Å². The Balaban J connectivity index is 3.94. The molecule has 132 valence electrons. The van der Waals surface area contributed by atoms with Crippen molar-refractivity contribution in [2.75, 3.05) is 26.3 Å². The highest BCUT2D eigenvalue weighted by atomic mass is 16.6. The Bertz CT molecular complexity index is 397. The van der Waals surface area contributed by atoms with Crippen LogP contribution in [-0.4, -0.2) is 51.1 Å². The molecule has 2 N–H and O–H groups in total. The standard InChI is InChI=1S/C15H26N2O6/c1-12(4-5-16-13(20)22-8-6-18)10-15(2,3)11-17-14(21)23-9-7-19/h6-7,12H,4-5,8-11H2,1-3H3,(H,16,20)(H,17,21). The third kappa shape index (κ3) is 12.1. The van der Waals surface area contributed by atoms with Crippen LogP contribution < -0.4 is 10.6 Å². The van der Waals surface area contributed by atoms with Crippen LogP contribution in [0.5, 0.6) is 0 Å². The summed E-state index contributed by atoms with van der Waals surface area (Å²) in [7, 11) is 0. The highest BCUT2D eigenvalue weighted by molar-refractivity contribution is 5.69. The van der Waals surface area contributed by atoms with Crippen molar-refractivity contribution in [3.05, 3.63) is 0 Å². The summed E-state index contributed by atoms with van der Waals surface area (Å²) in [6.45, 7) is 6.43. The summed E-state index contributed by atoms with van der Waals surface area (Å²) < 4.78 is 9.18. The van der Waals surface area contributed by atoms with Gasteiger partial charge in [0.05, 0.1) is 0 Å². The summed E-state index contributed by atoms with van der Waals surface area (Å²) in [6, 6.07) is 0. The van der Waals surface area contributed by atoms with E-state index < -0.39 is 12.2 Å². The molecule has 1 atom stereocenters. The number of carbonyl (C=O) groups is 4. The van der Waals surface area contributed by atoms with Crippen LogP contribution in [0.3, 0.4) is 0 Å². The average molecular weight is 330 g/mol. The number of hydrogen-bond donors (Lipinski definition) is 2. The first-order valence-electron chi connectivity index (χ1n) is 7.49. The Morgan fingerprint density at radius 1 is 1.04 bits per heavy atom. The van der Waals surface area contributed by atoms with Crippen LogP contribution in [0, 0.1) is 11.3 Å². The van der Waals surface area contributed by atoms with Crippen molar-refractivity contribution in [2.45, 2.75) is 33.6 Å². The van der Waals surface area contributed by atoms with E-state index in [2.05, 4.69) is 20.1 Å². The van der Waals surface area contributed by atoms with Crippen molar-refractivity contribution in [3.8, 4) is 0 Å². The monoisotopic (exact) mass is 330 g/mol. The Hall–Kier alpha value is -2.12. The number of amides is 2. The second-order valence-electron chi connectivity index (χ2n) is 6.07. The third-order valence-corrected chi connectivity index (χ3v) is 3.08. The molecular formula is C15H26N2O6. The van der Waals surface area contributed by atoms with E-state index in [0.717, 1.165) is 12.8 Å². The van der Waals surface area contributed by atoms with Gasteiger partial charge in [-0.05, 0) is 24.2 Å². The fraction of sp³-hybridized carbons (Fsp3) is 0.733. The molecule has 8 heteroatoms. The van der Waals surface area contributed by atoms with Crippen LogP contribution in [-0.2, 0) is 19.1 Å². The lowest BCUT2D eigenvalue weighted by atomic mass is 9.82. The molecule has 0 aromatic heterocycles. The Kier molecular flexibility index (Phi) is 10.4. The molecule has 0 aliphatic rings. The van der Waals surface area contributed by atoms with Crippen LogP contribution >= 0.6 is 0 Å². The highest BCUT2D eigenvalue weighted by Gasteiger charge is 2.22. The summed E-state index contributed by atoms with van der Waals surface area (Å²) in [5.74, 6) is 0.309. The van der Waals surface area contributed by atoms with Gasteiger partial charge in [-0.15, -0.1) is 0 Å². The number of hydrogen-bond acceptors (Lipinski definition) is 6. The quantitative estimate of drug-likeness (QED) is 0.552. The number of ether oxygens (including phenoxy) is 2. The zero-order chi connectivity index (χ0) is 17.7. The number of nitrogens with one attached hydrogen (secondary N) is 2. The van der Waals surface area contributed by atoms with E-state index in [1.165, 1.54) is 0 Å². The van der Waals surface area contributed by atoms with E-state index in [0.29, 0.717) is 31.6 Å². The lowest BCUT2D eigenvalue weighted by molar-refractivity contribution is -0.111. The first-order valence-corrected chi connectivity index (χ1v) is 7.49. The van der Waals surface area contributed by atoms with Crippen molar-refractivity contribution >= 4 is 24.8 Å². The van der Waals surface area contributed by atoms with Crippen LogP contribution in [0.15, 0.2) is 0 Å². The van der Waals surface area contributed by atoms with Crippen molar-refractivity contribution in [2.24, 2.45) is 11.3 Å². The summed E-state index contributed by atoms with van der Waals surface area (Å²) in [6.07, 6.45) is 1.37. The van der Waals surface area contributed by atoms with E-state index >= 15 is 0 Å². The van der Waals surface area contributed by atoms with Crippen LogP contribution in [0.4, 0.5) is 9.59 Å². The molecule has 0 heterocycles. The molecule has 0 fully saturated rings. The first kappa shape index (κ1) is 20.9. The second kappa shape index (κ2) is 11.4. The highest BCUT2D eigenvalue weighted by Crippen LogP contribution is 2.26. The molecule has 0 aliphatic carbocycles. The van der Waals surface area contributed by atoms with E-state index in [-0.39, 0.29) is 18.6 Å². The largest absolute Gasteiger partial charge is 0.442 e. The zero-order valence-electron chi connectivity index (χ0n) is 13.9. The van der Waals surface area contributed by atoms with Gasteiger partial charge in [-0.3, -0.25) is 9.59 Å². The van der Waals surface area contributed by atoms with Crippen LogP contribution in [0.1, 0.15) is 33.6 Å². The first-order chi connectivity index (χ1) is 10.8. The van der Waals surface area contributed by atoms with E-state index in [4.69, 9.17) is 0 Å². The lowest BCUT2D eigenvalue weighted by Gasteiger charge is -2.28. The average Bonchev–Trinajstić information content (AvgIpc) is 2.48. The minimum absolute atomic E-state index is 0.155. The summed E-state index contributed by atoms with van der Waals surface area (Å²) >= 11 is 0. The van der Waals surface area contributed by atoms with Crippen molar-refractivity contribution in [1.82, 2.24) is 10.6 Å². The summed E-state index contributed by atoms with van der Waals surface area (Å²) in [5.41, 5.74) is -0.155. The molecule has 8 nitrogen and oxygen atoms in total. The van der Waals surface area contributed by atoms with Gasteiger partial charge in [0.25, 0.3) is 0 Å². The van der Waals surface area contributed by atoms with Gasteiger partial charge in [-0.2, -0.15) is 0 Å². The molecule has 0 spiro atoms. The topological polar surface area (TPSA) is 111 Å². The van der Waals surface area contributed by atoms with Gasteiger partial charge in [0.15, 0.2) is 12.6 Å². The molecule has 2 amide bonds. The maximum atomic E-state index is 11.3. The van der Waals surface area contributed by atoms with Gasteiger partial charge in [0, 0.05) is 13.1 Å². The summed E-state index contributed by atoms with van der Waals surface area (Å²) in [4.78, 5) is 42.6. The Morgan fingerprint density at radius 2 is 1.57 bits per heavy atom. The maximum Gasteiger partial charge on any atom is 0.407 e. The predicted molar refractivity (Wildman–Crippen MR) is 83.0 cm³/mol. The third-order valence-electron chi connectivity index (χ3n) is 3.08. The van der Waals surface area contributed by atoms with Gasteiger partial charge in [-0.25, -0.2) is 9.59 Å². The molecule has 0 aromatic rings. The smallest absolute Gasteiger partial charge is 0.407 e. The minimum Gasteiger partial charge on any atom is -0.442 e. The number of rotatable bonds is 11. The SMILES string of the molecule is CC(CCNC(=O)OCC=O)CC(C)(C)CNC(=O)OCC=O. The van der Waals surface area contributed by atoms with Gasteiger partial charge in [-0.1, -0.05) is 20.8 Å². The number of aldehydes is 2. The molecule has 0 rings (SSSR count). The molecule has 23 heavy (non-hydrogen) atoms. The fourth-order valence-corrected chi connectivity index (χ4v) is 2.17. The van der Waals surface area contributed by atoms with Crippen molar-refractivity contribution in [1.29, 1.82) is 0 Å². The molecule has 0 saturated heterocycles. The molecule has 1 unspecified atom stereocenters. The molecule has 0 aromatic carbocycles. The Labute approximate surface area is 136 Å². The summed E-state index contributed by atoms with van der Waals surface area (Å²) in [5, 5.41) is 5.18. The van der Waals surface area contributed by atoms with Crippen LogP contribution in [0.2, 0.25) is 0 Å². The van der Waals surface area contributed by atoms with E-state index in [1.54, 1.807) is 0 Å². The van der Waals surface area contributed by atoms with E-state index in [9.17, 15) is 19.2 Å². The van der Waals surface area contributed by atoms with Crippen molar-refractivity contribution < 1.29 is 28.7 Å². The van der Waals surface area contributed by atoms with Gasteiger partial charge < -0.3 is 20.1 Å². The normalized spacial score (nSPS) is 12.0. The lowest BCUT2D eigenvalue weighted by Crippen LogP contribution is -2.36. The minimum atomic E-state index is -0.614. The molecular weight excluding hydrogens is 304 g/mol. The number of alkyl carbamates (subject to hydrolysis) is 2. The fourth-order valence-electron chi connectivity index (χ4n) is 2.17. The van der Waals surface area contributed by atoms with Gasteiger partial charge >= 0.3 is 12.2 Å². The van der Waals surface area contributed by atoms with Crippen molar-refractivity contribution in [3.63, 3.8) is 0 Å². The predicted octanol–water partition coefficient (Wildman–Crippen LogP) is 1.28. The second-order valence-corrected chi connectivity index (χ2v) is 6.07. The van der Waals surface area contributed by atoms with Gasteiger partial charge in [0.1, 0.15) is 13.2 Å². The Morgan fingerprint density at radius 3 is 2.09 bits per heavy atom. The van der Waals surface area contributed by atoms with E-state index in [1.807, 2.05) is 20.8 Å². The maximum absolute atomic E-state index is 11.3. The molecule has 0 radical (unpaired) electrons. The zero-order valence-corrected chi connectivity index (χ0v) is 13.9. The number of carbonyl (C=O) groups excluding carboxylic acids is 4. The van der Waals surface area contributed by atoms with Crippen LogP contribution in [0.25, 0.3) is 0 Å². The molecule has 0 saturated carbocycles. The molecule has 0 aliphatic heterocycles.